The maximum absolute atomic E-state index is 13.7. The number of halogens is 2. The molecule has 2 aliphatic rings. The van der Waals surface area contributed by atoms with Crippen LogP contribution in [0.5, 0.6) is 0 Å². The highest BCUT2D eigenvalue weighted by Crippen LogP contribution is 2.49. The van der Waals surface area contributed by atoms with Crippen molar-refractivity contribution in [1.29, 1.82) is 0 Å². The van der Waals surface area contributed by atoms with E-state index in [4.69, 9.17) is 5.11 Å². The average molecular weight is 309 g/mol. The Labute approximate surface area is 126 Å². The van der Waals surface area contributed by atoms with Crippen molar-refractivity contribution in [3.63, 3.8) is 0 Å². The zero-order valence-electron chi connectivity index (χ0n) is 11.9. The van der Waals surface area contributed by atoms with Gasteiger partial charge in [-0.15, -0.1) is 0 Å². The first-order valence-electron chi connectivity index (χ1n) is 7.40. The largest absolute Gasteiger partial charge is 0.481 e. The molecule has 1 aromatic carbocycles. The highest BCUT2D eigenvalue weighted by molar-refractivity contribution is 5.84. The van der Waals surface area contributed by atoms with Gasteiger partial charge in [0.1, 0.15) is 0 Å². The topological polar surface area (TPSA) is 66.4 Å². The molecular weight excluding hydrogens is 292 g/mol. The fourth-order valence-electron chi connectivity index (χ4n) is 3.23. The van der Waals surface area contributed by atoms with Crippen molar-refractivity contribution in [3.05, 3.63) is 35.4 Å². The van der Waals surface area contributed by atoms with E-state index in [1.165, 1.54) is 12.1 Å². The number of aliphatic carboxylic acids is 1. The molecule has 0 saturated heterocycles. The summed E-state index contributed by atoms with van der Waals surface area (Å²) in [6.07, 6.45) is 2.56. The number of carbonyl (C=O) groups is 2. The van der Waals surface area contributed by atoms with Crippen molar-refractivity contribution in [2.75, 3.05) is 0 Å². The Kier molecular flexibility index (Phi) is 3.62. The number of nitrogens with one attached hydrogen (secondary N) is 1. The zero-order valence-corrected chi connectivity index (χ0v) is 11.9. The number of carbonyl (C=O) groups excluding carboxylic acids is 1. The van der Waals surface area contributed by atoms with E-state index in [9.17, 15) is 18.4 Å². The van der Waals surface area contributed by atoms with Crippen LogP contribution in [0, 0.1) is 17.6 Å². The van der Waals surface area contributed by atoms with Crippen LogP contribution in [0.2, 0.25) is 0 Å². The van der Waals surface area contributed by atoms with E-state index >= 15 is 0 Å². The zero-order chi connectivity index (χ0) is 15.9. The molecule has 1 amide bonds. The summed E-state index contributed by atoms with van der Waals surface area (Å²) in [5.41, 5.74) is -0.433. The number of carboxylic acids is 1. The Morgan fingerprint density at radius 1 is 1.32 bits per heavy atom. The van der Waals surface area contributed by atoms with Crippen molar-refractivity contribution >= 4 is 11.9 Å². The highest BCUT2D eigenvalue weighted by atomic mass is 19.2. The molecule has 0 radical (unpaired) electrons. The van der Waals surface area contributed by atoms with Crippen LogP contribution in [0.25, 0.3) is 0 Å². The summed E-state index contributed by atoms with van der Waals surface area (Å²) < 4.78 is 27.0. The summed E-state index contributed by atoms with van der Waals surface area (Å²) in [4.78, 5) is 23.2. The number of benzene rings is 1. The summed E-state index contributed by atoms with van der Waals surface area (Å²) in [5, 5.41) is 11.8. The van der Waals surface area contributed by atoms with Crippen molar-refractivity contribution in [1.82, 2.24) is 5.32 Å². The molecule has 0 spiro atoms. The Hall–Kier alpha value is -1.98. The minimum absolute atomic E-state index is 0.0928. The lowest BCUT2D eigenvalue weighted by Crippen LogP contribution is -2.55. The number of hydrogen-bond donors (Lipinski definition) is 2. The van der Waals surface area contributed by atoms with Crippen LogP contribution in [0.3, 0.4) is 0 Å². The molecule has 6 heteroatoms. The lowest BCUT2D eigenvalue weighted by atomic mass is 9.74. The second-order valence-electron chi connectivity index (χ2n) is 6.29. The van der Waals surface area contributed by atoms with Gasteiger partial charge < -0.3 is 10.4 Å². The smallest absolute Gasteiger partial charge is 0.305 e. The first-order chi connectivity index (χ1) is 10.4. The maximum atomic E-state index is 13.7. The molecule has 2 fully saturated rings. The molecule has 2 saturated carbocycles. The standard InChI is InChI=1S/C16H17F2NO3/c17-12-4-1-3-9(14(12)18)10-7-11(10)15(22)19-16(5-2-6-16)8-13(20)21/h1,3-4,10-11H,2,5-8H2,(H,19,22)(H,20,21). The van der Waals surface area contributed by atoms with Crippen LogP contribution in [-0.4, -0.2) is 22.5 Å². The normalized spacial score (nSPS) is 25.2. The maximum Gasteiger partial charge on any atom is 0.305 e. The molecule has 4 nitrogen and oxygen atoms in total. The van der Waals surface area contributed by atoms with Gasteiger partial charge in [-0.2, -0.15) is 0 Å². The Bertz CT molecular complexity index is 628. The predicted octanol–water partition coefficient (Wildman–Crippen LogP) is 2.58. The molecule has 2 N–H and O–H groups in total. The monoisotopic (exact) mass is 309 g/mol. The van der Waals surface area contributed by atoms with Crippen LogP contribution in [0.1, 0.15) is 43.6 Å². The molecule has 118 valence electrons. The summed E-state index contributed by atoms with van der Waals surface area (Å²) in [6, 6.07) is 3.97. The minimum Gasteiger partial charge on any atom is -0.481 e. The second-order valence-corrected chi connectivity index (χ2v) is 6.29. The Morgan fingerprint density at radius 3 is 2.64 bits per heavy atom. The summed E-state index contributed by atoms with van der Waals surface area (Å²) in [5.74, 6) is -3.73. The van der Waals surface area contributed by atoms with Crippen LogP contribution in [0.4, 0.5) is 8.78 Å². The van der Waals surface area contributed by atoms with Gasteiger partial charge in [0.25, 0.3) is 0 Å². The lowest BCUT2D eigenvalue weighted by Gasteiger charge is -2.41. The van der Waals surface area contributed by atoms with Gasteiger partial charge in [0, 0.05) is 5.92 Å². The molecule has 1 aromatic rings. The van der Waals surface area contributed by atoms with Crippen molar-refractivity contribution in [3.8, 4) is 0 Å². The first-order valence-corrected chi connectivity index (χ1v) is 7.40. The van der Waals surface area contributed by atoms with Crippen molar-refractivity contribution in [2.45, 2.75) is 43.6 Å². The van der Waals surface area contributed by atoms with Gasteiger partial charge in [0.05, 0.1) is 12.0 Å². The molecule has 22 heavy (non-hydrogen) atoms. The molecule has 2 aliphatic carbocycles. The molecule has 0 bridgehead atoms. The van der Waals surface area contributed by atoms with Crippen molar-refractivity contribution < 1.29 is 23.5 Å². The summed E-state index contributed by atoms with van der Waals surface area (Å²) in [7, 11) is 0. The molecule has 0 aromatic heterocycles. The number of amides is 1. The number of rotatable bonds is 5. The van der Waals surface area contributed by atoms with Crippen LogP contribution in [0.15, 0.2) is 18.2 Å². The van der Waals surface area contributed by atoms with Gasteiger partial charge in [-0.3, -0.25) is 9.59 Å². The third-order valence-corrected chi connectivity index (χ3v) is 4.70. The quantitative estimate of drug-likeness (QED) is 0.878. The average Bonchev–Trinajstić information content (AvgIpc) is 3.19. The van der Waals surface area contributed by atoms with Crippen LogP contribution < -0.4 is 5.32 Å². The third-order valence-electron chi connectivity index (χ3n) is 4.70. The fraction of sp³-hybridized carbons (Fsp3) is 0.500. The lowest BCUT2D eigenvalue weighted by molar-refractivity contribution is -0.140. The summed E-state index contributed by atoms with van der Waals surface area (Å²) in [6.45, 7) is 0. The number of hydrogen-bond acceptors (Lipinski definition) is 2. The highest BCUT2D eigenvalue weighted by Gasteiger charge is 2.49. The Morgan fingerprint density at radius 2 is 2.05 bits per heavy atom. The molecule has 0 aliphatic heterocycles. The second kappa shape index (κ2) is 5.34. The van der Waals surface area contributed by atoms with Gasteiger partial charge in [0.15, 0.2) is 11.6 Å². The van der Waals surface area contributed by atoms with Gasteiger partial charge in [0.2, 0.25) is 5.91 Å². The van der Waals surface area contributed by atoms with Crippen LogP contribution >= 0.6 is 0 Å². The van der Waals surface area contributed by atoms with Gasteiger partial charge in [-0.25, -0.2) is 8.78 Å². The molecule has 0 heterocycles. The Balaban J connectivity index is 1.66. The van der Waals surface area contributed by atoms with Crippen molar-refractivity contribution in [2.24, 2.45) is 5.92 Å². The van der Waals surface area contributed by atoms with Crippen LogP contribution in [-0.2, 0) is 9.59 Å². The van der Waals surface area contributed by atoms with E-state index < -0.39 is 29.1 Å². The van der Waals surface area contributed by atoms with E-state index in [0.717, 1.165) is 12.5 Å². The van der Waals surface area contributed by atoms with E-state index in [1.54, 1.807) is 0 Å². The predicted molar refractivity (Wildman–Crippen MR) is 74.2 cm³/mol. The van der Waals surface area contributed by atoms with E-state index in [-0.39, 0.29) is 23.8 Å². The van der Waals surface area contributed by atoms with Gasteiger partial charge in [-0.05, 0) is 43.2 Å². The van der Waals surface area contributed by atoms with E-state index in [2.05, 4.69) is 5.32 Å². The SMILES string of the molecule is O=C(O)CC1(NC(=O)C2CC2c2cccc(F)c2F)CCC1. The van der Waals surface area contributed by atoms with Gasteiger partial charge in [-0.1, -0.05) is 12.1 Å². The fourth-order valence-corrected chi connectivity index (χ4v) is 3.23. The molecule has 2 unspecified atom stereocenters. The van der Waals surface area contributed by atoms with E-state index in [0.29, 0.717) is 19.3 Å². The number of carboxylic acid groups (broad SMARTS) is 1. The van der Waals surface area contributed by atoms with E-state index in [1.807, 2.05) is 0 Å². The minimum atomic E-state index is -0.941. The third kappa shape index (κ3) is 2.69. The summed E-state index contributed by atoms with van der Waals surface area (Å²) >= 11 is 0. The first kappa shape index (κ1) is 14.9. The molecular formula is C16H17F2NO3. The van der Waals surface area contributed by atoms with Gasteiger partial charge >= 0.3 is 5.97 Å². The molecule has 2 atom stereocenters. The molecule has 3 rings (SSSR count).